The monoisotopic (exact) mass is 258 g/mol. The summed E-state index contributed by atoms with van der Waals surface area (Å²) in [6, 6.07) is 3.73. The Labute approximate surface area is 113 Å². The van der Waals surface area contributed by atoms with Crippen LogP contribution in [0.5, 0.6) is 11.6 Å². The molecule has 0 bridgehead atoms. The minimum Gasteiger partial charge on any atom is -0.437 e. The van der Waals surface area contributed by atoms with Gasteiger partial charge in [-0.2, -0.15) is 4.98 Å². The molecule has 19 heavy (non-hydrogen) atoms. The average molecular weight is 258 g/mol. The van der Waals surface area contributed by atoms with Gasteiger partial charge in [-0.3, -0.25) is 4.98 Å². The molecule has 0 spiro atoms. The first-order valence-electron chi connectivity index (χ1n) is 6.30. The maximum absolute atomic E-state index is 5.85. The van der Waals surface area contributed by atoms with E-state index < -0.39 is 0 Å². The second kappa shape index (κ2) is 5.65. The molecular formula is C14H18N4O. The number of aromatic nitrogens is 3. The van der Waals surface area contributed by atoms with E-state index in [4.69, 9.17) is 4.74 Å². The largest absolute Gasteiger partial charge is 0.437 e. The molecule has 0 unspecified atom stereocenters. The number of pyridine rings is 1. The van der Waals surface area contributed by atoms with Gasteiger partial charge in [0.05, 0.1) is 11.3 Å². The van der Waals surface area contributed by atoms with Crippen LogP contribution in [0.4, 0.5) is 5.82 Å². The van der Waals surface area contributed by atoms with Crippen molar-refractivity contribution >= 4 is 5.82 Å². The minimum atomic E-state index is 0.569. The highest BCUT2D eigenvalue weighted by atomic mass is 16.5. The maximum atomic E-state index is 5.85. The first-order chi connectivity index (χ1) is 9.11. The lowest BCUT2D eigenvalue weighted by Gasteiger charge is -2.13. The summed E-state index contributed by atoms with van der Waals surface area (Å²) in [5, 5.41) is 3.21. The number of ether oxygens (including phenoxy) is 1. The van der Waals surface area contributed by atoms with Crippen molar-refractivity contribution in [1.82, 2.24) is 15.0 Å². The molecule has 0 radical (unpaired) electrons. The second-order valence-electron chi connectivity index (χ2n) is 4.27. The Hall–Kier alpha value is -2.17. The van der Waals surface area contributed by atoms with Gasteiger partial charge in [0.25, 0.3) is 0 Å². The molecular weight excluding hydrogens is 240 g/mol. The molecule has 0 aliphatic rings. The number of hydrogen-bond donors (Lipinski definition) is 1. The molecule has 5 heteroatoms. The van der Waals surface area contributed by atoms with E-state index in [0.29, 0.717) is 17.5 Å². The molecule has 0 atom stereocenters. The third-order valence-corrected chi connectivity index (χ3v) is 2.72. The minimum absolute atomic E-state index is 0.569. The van der Waals surface area contributed by atoms with Crippen molar-refractivity contribution in [3.05, 3.63) is 35.4 Å². The number of aryl methyl sites for hydroxylation is 2. The zero-order valence-electron chi connectivity index (χ0n) is 11.7. The molecule has 2 rings (SSSR count). The van der Waals surface area contributed by atoms with Crippen molar-refractivity contribution in [1.29, 1.82) is 0 Å². The first-order valence-corrected chi connectivity index (χ1v) is 6.30. The summed E-state index contributed by atoms with van der Waals surface area (Å²) in [5.41, 5.74) is 1.74. The van der Waals surface area contributed by atoms with E-state index in [-0.39, 0.29) is 0 Å². The van der Waals surface area contributed by atoms with Crippen LogP contribution in [-0.4, -0.2) is 21.5 Å². The van der Waals surface area contributed by atoms with Gasteiger partial charge in [-0.05, 0) is 39.8 Å². The molecule has 0 amide bonds. The Balaban J connectivity index is 2.37. The molecule has 0 saturated carbocycles. The molecule has 0 aliphatic heterocycles. The third kappa shape index (κ3) is 2.99. The maximum Gasteiger partial charge on any atom is 0.227 e. The van der Waals surface area contributed by atoms with Gasteiger partial charge in [-0.1, -0.05) is 0 Å². The van der Waals surface area contributed by atoms with E-state index in [1.54, 1.807) is 6.20 Å². The van der Waals surface area contributed by atoms with Crippen molar-refractivity contribution < 1.29 is 4.74 Å². The van der Waals surface area contributed by atoms with Crippen LogP contribution in [0.15, 0.2) is 18.3 Å². The highest BCUT2D eigenvalue weighted by Crippen LogP contribution is 2.28. The summed E-state index contributed by atoms with van der Waals surface area (Å²) in [6.45, 7) is 8.54. The van der Waals surface area contributed by atoms with Crippen LogP contribution in [-0.2, 0) is 0 Å². The fraction of sp³-hybridized carbons (Fsp3) is 0.357. The van der Waals surface area contributed by atoms with Gasteiger partial charge in [-0.25, -0.2) is 4.98 Å². The molecule has 0 aliphatic carbocycles. The Morgan fingerprint density at radius 1 is 1.21 bits per heavy atom. The van der Waals surface area contributed by atoms with Crippen molar-refractivity contribution in [2.45, 2.75) is 27.7 Å². The van der Waals surface area contributed by atoms with Gasteiger partial charge in [-0.15, -0.1) is 0 Å². The lowest BCUT2D eigenvalue weighted by atomic mass is 10.3. The highest BCUT2D eigenvalue weighted by molar-refractivity contribution is 5.49. The Morgan fingerprint density at radius 3 is 2.68 bits per heavy atom. The normalized spacial score (nSPS) is 10.3. The fourth-order valence-electron chi connectivity index (χ4n) is 1.72. The summed E-state index contributed by atoms with van der Waals surface area (Å²) in [5.74, 6) is 2.77. The predicted molar refractivity (Wildman–Crippen MR) is 74.7 cm³/mol. The van der Waals surface area contributed by atoms with Crippen molar-refractivity contribution in [3.8, 4) is 11.6 Å². The van der Waals surface area contributed by atoms with Crippen molar-refractivity contribution in [2.24, 2.45) is 0 Å². The first kappa shape index (κ1) is 13.3. The van der Waals surface area contributed by atoms with Crippen LogP contribution in [0.3, 0.4) is 0 Å². The number of nitrogens with one attached hydrogen (secondary N) is 1. The molecule has 5 nitrogen and oxygen atoms in total. The summed E-state index contributed by atoms with van der Waals surface area (Å²) in [7, 11) is 0. The van der Waals surface area contributed by atoms with Crippen LogP contribution >= 0.6 is 0 Å². The van der Waals surface area contributed by atoms with Crippen LogP contribution < -0.4 is 10.1 Å². The molecule has 2 aromatic rings. The van der Waals surface area contributed by atoms with E-state index in [0.717, 1.165) is 23.6 Å². The lowest BCUT2D eigenvalue weighted by Crippen LogP contribution is -2.06. The van der Waals surface area contributed by atoms with Crippen LogP contribution in [0, 0.1) is 20.8 Å². The highest BCUT2D eigenvalue weighted by Gasteiger charge is 2.11. The summed E-state index contributed by atoms with van der Waals surface area (Å²) < 4.78 is 5.85. The molecule has 2 aromatic heterocycles. The lowest BCUT2D eigenvalue weighted by molar-refractivity contribution is 0.450. The smallest absolute Gasteiger partial charge is 0.227 e. The predicted octanol–water partition coefficient (Wildman–Crippen LogP) is 3.02. The number of hydrogen-bond acceptors (Lipinski definition) is 5. The average Bonchev–Trinajstić information content (AvgIpc) is 2.38. The van der Waals surface area contributed by atoms with E-state index in [1.165, 1.54) is 0 Å². The van der Waals surface area contributed by atoms with Gasteiger partial charge in [0.1, 0.15) is 11.6 Å². The van der Waals surface area contributed by atoms with Gasteiger partial charge >= 0.3 is 0 Å². The standard InChI is InChI=1S/C14H18N4O/c1-5-15-13-9(2)14(18-11(4)17-13)19-12-7-6-8-16-10(12)3/h6-8H,5H2,1-4H3,(H,15,17,18). The second-order valence-corrected chi connectivity index (χ2v) is 4.27. The topological polar surface area (TPSA) is 59.9 Å². The molecule has 0 aromatic carbocycles. The summed E-state index contributed by atoms with van der Waals surface area (Å²) in [4.78, 5) is 12.9. The number of anilines is 1. The van der Waals surface area contributed by atoms with Gasteiger partial charge in [0.15, 0.2) is 5.75 Å². The fourth-order valence-corrected chi connectivity index (χ4v) is 1.72. The van der Waals surface area contributed by atoms with Crippen LogP contribution in [0.1, 0.15) is 24.0 Å². The van der Waals surface area contributed by atoms with Crippen molar-refractivity contribution in [3.63, 3.8) is 0 Å². The zero-order valence-corrected chi connectivity index (χ0v) is 11.7. The summed E-state index contributed by atoms with van der Waals surface area (Å²) in [6.07, 6.45) is 1.74. The van der Waals surface area contributed by atoms with Crippen molar-refractivity contribution in [2.75, 3.05) is 11.9 Å². The van der Waals surface area contributed by atoms with Crippen LogP contribution in [0.25, 0.3) is 0 Å². The van der Waals surface area contributed by atoms with E-state index >= 15 is 0 Å². The Kier molecular flexibility index (Phi) is 3.94. The van der Waals surface area contributed by atoms with E-state index in [2.05, 4.69) is 20.3 Å². The van der Waals surface area contributed by atoms with Crippen LogP contribution in [0.2, 0.25) is 0 Å². The molecule has 100 valence electrons. The summed E-state index contributed by atoms with van der Waals surface area (Å²) >= 11 is 0. The molecule has 2 heterocycles. The van der Waals surface area contributed by atoms with Gasteiger partial charge < -0.3 is 10.1 Å². The molecule has 0 saturated heterocycles. The number of nitrogens with zero attached hydrogens (tertiary/aromatic N) is 3. The number of rotatable bonds is 4. The Bertz CT molecular complexity index is 584. The Morgan fingerprint density at radius 2 is 2.00 bits per heavy atom. The third-order valence-electron chi connectivity index (χ3n) is 2.72. The van der Waals surface area contributed by atoms with Gasteiger partial charge in [0.2, 0.25) is 5.88 Å². The molecule has 0 fully saturated rings. The quantitative estimate of drug-likeness (QED) is 0.913. The van der Waals surface area contributed by atoms with Gasteiger partial charge in [0, 0.05) is 12.7 Å². The zero-order chi connectivity index (χ0) is 13.8. The molecule has 1 N–H and O–H groups in total. The SMILES string of the molecule is CCNc1nc(C)nc(Oc2cccnc2C)c1C. The van der Waals surface area contributed by atoms with E-state index in [9.17, 15) is 0 Å². The van der Waals surface area contributed by atoms with E-state index in [1.807, 2.05) is 39.8 Å².